The molecule has 0 saturated carbocycles. The average Bonchev–Trinajstić information content (AvgIpc) is 2.42. The maximum atomic E-state index is 11.0. The van der Waals surface area contributed by atoms with Gasteiger partial charge in [0, 0.05) is 6.92 Å². The van der Waals surface area contributed by atoms with Gasteiger partial charge in [0.25, 0.3) is 5.78 Å². The topological polar surface area (TPSA) is 107 Å². The van der Waals surface area contributed by atoms with Crippen LogP contribution in [0.3, 0.4) is 0 Å². The fourth-order valence-corrected chi connectivity index (χ4v) is 0.996. The molecule has 0 aromatic heterocycles. The molecule has 7 heteroatoms. The average molecular weight is 216 g/mol. The molecule has 1 aliphatic heterocycles. The quantitative estimate of drug-likeness (QED) is 0.428. The molecule has 0 unspecified atom stereocenters. The van der Waals surface area contributed by atoms with Crippen LogP contribution in [0.1, 0.15) is 6.92 Å². The highest BCUT2D eigenvalue weighted by Gasteiger charge is 2.46. The molecule has 7 nitrogen and oxygen atoms in total. The van der Waals surface area contributed by atoms with Crippen molar-refractivity contribution in [3.8, 4) is 0 Å². The summed E-state index contributed by atoms with van der Waals surface area (Å²) in [6, 6.07) is 0. The zero-order chi connectivity index (χ0) is 11.6. The van der Waals surface area contributed by atoms with Crippen molar-refractivity contribution in [3.05, 3.63) is 0 Å². The van der Waals surface area contributed by atoms with Crippen molar-refractivity contribution >= 4 is 23.5 Å². The van der Waals surface area contributed by atoms with Crippen LogP contribution in [0.4, 0.5) is 0 Å². The summed E-state index contributed by atoms with van der Waals surface area (Å²) in [5.41, 5.74) is 0. The zero-order valence-corrected chi connectivity index (χ0v) is 7.76. The molecule has 1 aliphatic rings. The summed E-state index contributed by atoms with van der Waals surface area (Å²) in [7, 11) is 0. The third kappa shape index (κ3) is 2.38. The molecule has 82 valence electrons. The number of cyclic esters (lactones) is 1. The largest absolute Gasteiger partial charge is 0.463 e. The smallest absolute Gasteiger partial charge is 0.383 e. The molecule has 15 heavy (non-hydrogen) atoms. The molecule has 0 radical (unpaired) electrons. The second-order valence-electron chi connectivity index (χ2n) is 2.89. The second kappa shape index (κ2) is 4.18. The number of esters is 2. The van der Waals surface area contributed by atoms with Crippen LogP contribution >= 0.6 is 0 Å². The van der Waals surface area contributed by atoms with Crippen LogP contribution in [0.25, 0.3) is 0 Å². The molecule has 1 rings (SSSR count). The van der Waals surface area contributed by atoms with Gasteiger partial charge in [-0.1, -0.05) is 0 Å². The zero-order valence-electron chi connectivity index (χ0n) is 7.76. The third-order valence-corrected chi connectivity index (χ3v) is 1.71. The SMILES string of the molecule is CC(=O)OC[C@H](O)[C@H]1OC(=O)C(=O)C1=O. The van der Waals surface area contributed by atoms with Crippen molar-refractivity contribution in [1.29, 1.82) is 0 Å². The molecule has 0 aromatic carbocycles. The molecule has 0 bridgehead atoms. The van der Waals surface area contributed by atoms with Gasteiger partial charge in [-0.05, 0) is 0 Å². The number of hydrogen-bond donors (Lipinski definition) is 1. The lowest BCUT2D eigenvalue weighted by molar-refractivity contribution is -0.155. The fraction of sp³-hybridized carbons (Fsp3) is 0.500. The Morgan fingerprint density at radius 1 is 1.53 bits per heavy atom. The number of aliphatic hydroxyl groups is 1. The van der Waals surface area contributed by atoms with Crippen molar-refractivity contribution in [3.63, 3.8) is 0 Å². The van der Waals surface area contributed by atoms with E-state index in [4.69, 9.17) is 0 Å². The van der Waals surface area contributed by atoms with Crippen molar-refractivity contribution in [2.75, 3.05) is 6.61 Å². The standard InChI is InChI=1S/C8H8O7/c1-3(9)14-2-4(10)7-5(11)6(12)8(13)15-7/h4,7,10H,2H2,1H3/t4-,7+/m0/s1. The van der Waals surface area contributed by atoms with E-state index in [0.29, 0.717) is 0 Å². The summed E-state index contributed by atoms with van der Waals surface area (Å²) >= 11 is 0. The fourth-order valence-electron chi connectivity index (χ4n) is 0.996. The first-order valence-corrected chi connectivity index (χ1v) is 4.04. The predicted octanol–water partition coefficient (Wildman–Crippen LogP) is -2.03. The van der Waals surface area contributed by atoms with Gasteiger partial charge in [0.2, 0.25) is 0 Å². The summed E-state index contributed by atoms with van der Waals surface area (Å²) in [6.07, 6.45) is -3.08. The number of aliphatic hydroxyl groups excluding tert-OH is 1. The van der Waals surface area contributed by atoms with E-state index in [2.05, 4.69) is 9.47 Å². The highest BCUT2D eigenvalue weighted by atomic mass is 16.6. The molecule has 1 N–H and O–H groups in total. The van der Waals surface area contributed by atoms with Gasteiger partial charge in [0.05, 0.1) is 0 Å². The van der Waals surface area contributed by atoms with E-state index < -0.39 is 42.3 Å². The van der Waals surface area contributed by atoms with Gasteiger partial charge in [-0.25, -0.2) is 4.79 Å². The molecule has 0 aromatic rings. The monoisotopic (exact) mass is 216 g/mol. The molecule has 1 fully saturated rings. The lowest BCUT2D eigenvalue weighted by Crippen LogP contribution is -2.36. The van der Waals surface area contributed by atoms with Crippen LogP contribution in [0.2, 0.25) is 0 Å². The van der Waals surface area contributed by atoms with Gasteiger partial charge >= 0.3 is 17.7 Å². The first kappa shape index (κ1) is 11.3. The molecule has 1 saturated heterocycles. The predicted molar refractivity (Wildman–Crippen MR) is 42.5 cm³/mol. The van der Waals surface area contributed by atoms with Gasteiger partial charge in [0.15, 0.2) is 6.10 Å². The number of Topliss-reactive ketones (excluding diaryl/α,β-unsaturated/α-hetero) is 2. The van der Waals surface area contributed by atoms with Crippen molar-refractivity contribution in [2.24, 2.45) is 0 Å². The van der Waals surface area contributed by atoms with E-state index in [9.17, 15) is 24.3 Å². The third-order valence-electron chi connectivity index (χ3n) is 1.71. The van der Waals surface area contributed by atoms with E-state index in [1.165, 1.54) is 0 Å². The molecular weight excluding hydrogens is 208 g/mol. The van der Waals surface area contributed by atoms with Crippen LogP contribution < -0.4 is 0 Å². The maximum absolute atomic E-state index is 11.0. The van der Waals surface area contributed by atoms with Crippen molar-refractivity contribution in [1.82, 2.24) is 0 Å². The van der Waals surface area contributed by atoms with Gasteiger partial charge in [-0.3, -0.25) is 14.4 Å². The highest BCUT2D eigenvalue weighted by Crippen LogP contribution is 2.11. The number of carbonyl (C=O) groups is 4. The Hall–Kier alpha value is -1.76. The molecule has 0 amide bonds. The summed E-state index contributed by atoms with van der Waals surface area (Å²) < 4.78 is 8.69. The first-order valence-electron chi connectivity index (χ1n) is 4.04. The Balaban J connectivity index is 2.58. The highest BCUT2D eigenvalue weighted by molar-refractivity contribution is 6.65. The summed E-state index contributed by atoms with van der Waals surface area (Å²) in [4.78, 5) is 42.7. The van der Waals surface area contributed by atoms with Gasteiger partial charge < -0.3 is 14.6 Å². The number of hydrogen-bond acceptors (Lipinski definition) is 7. The van der Waals surface area contributed by atoms with Crippen LogP contribution in [0.15, 0.2) is 0 Å². The van der Waals surface area contributed by atoms with Gasteiger partial charge in [0.1, 0.15) is 12.7 Å². The number of ether oxygens (including phenoxy) is 2. The summed E-state index contributed by atoms with van der Waals surface area (Å²) in [6.45, 7) is 0.604. The van der Waals surface area contributed by atoms with Crippen molar-refractivity contribution in [2.45, 2.75) is 19.1 Å². The Morgan fingerprint density at radius 3 is 2.53 bits per heavy atom. The van der Waals surface area contributed by atoms with E-state index in [0.717, 1.165) is 6.92 Å². The van der Waals surface area contributed by atoms with E-state index in [1.807, 2.05) is 0 Å². The maximum Gasteiger partial charge on any atom is 0.383 e. The summed E-state index contributed by atoms with van der Waals surface area (Å²) in [5.74, 6) is -4.38. The van der Waals surface area contributed by atoms with Crippen LogP contribution in [0, 0.1) is 0 Å². The molecular formula is C8H8O7. The lowest BCUT2D eigenvalue weighted by atomic mass is 10.1. The molecule has 0 spiro atoms. The molecule has 1 heterocycles. The number of rotatable bonds is 3. The van der Waals surface area contributed by atoms with Crippen LogP contribution in [-0.4, -0.2) is 47.4 Å². The molecule has 2 atom stereocenters. The Bertz CT molecular complexity index is 332. The van der Waals surface area contributed by atoms with Crippen molar-refractivity contribution < 1.29 is 33.8 Å². The van der Waals surface area contributed by atoms with Crippen LogP contribution in [0.5, 0.6) is 0 Å². The molecule has 0 aliphatic carbocycles. The van der Waals surface area contributed by atoms with E-state index in [-0.39, 0.29) is 0 Å². The van der Waals surface area contributed by atoms with Gasteiger partial charge in [-0.2, -0.15) is 0 Å². The second-order valence-corrected chi connectivity index (χ2v) is 2.89. The Labute approximate surface area is 84.0 Å². The minimum absolute atomic E-state index is 0.508. The Morgan fingerprint density at radius 2 is 2.13 bits per heavy atom. The normalized spacial score (nSPS) is 22.5. The summed E-state index contributed by atoms with van der Waals surface area (Å²) in [5, 5.41) is 9.28. The minimum Gasteiger partial charge on any atom is -0.463 e. The van der Waals surface area contributed by atoms with E-state index in [1.54, 1.807) is 0 Å². The Kier molecular flexibility index (Phi) is 3.15. The van der Waals surface area contributed by atoms with E-state index >= 15 is 0 Å². The van der Waals surface area contributed by atoms with Gasteiger partial charge in [-0.15, -0.1) is 0 Å². The first-order chi connectivity index (χ1) is 6.93. The number of ketones is 2. The van der Waals surface area contributed by atoms with Crippen LogP contribution in [-0.2, 0) is 28.7 Å². The lowest BCUT2D eigenvalue weighted by Gasteiger charge is -2.14. The number of carbonyl (C=O) groups excluding carboxylic acids is 4. The minimum atomic E-state index is -1.57.